The fourth-order valence-electron chi connectivity index (χ4n) is 0.724. The van der Waals surface area contributed by atoms with E-state index in [-0.39, 0.29) is 17.8 Å². The molecule has 0 aromatic carbocycles. The van der Waals surface area contributed by atoms with Crippen molar-refractivity contribution in [3.63, 3.8) is 0 Å². The van der Waals surface area contributed by atoms with E-state index in [1.54, 1.807) is 6.92 Å². The molecule has 2 atom stereocenters. The monoisotopic (exact) mass is 189 g/mol. The fraction of sp³-hybridized carbons (Fsp3) is 0.875. The van der Waals surface area contributed by atoms with E-state index in [2.05, 4.69) is 10.5 Å². The molecule has 0 aromatic heterocycles. The summed E-state index contributed by atoms with van der Waals surface area (Å²) in [7, 11) is 0. The number of nitrogens with one attached hydrogen (secondary N) is 1. The van der Waals surface area contributed by atoms with Crippen LogP contribution < -0.4 is 11.1 Å². The summed E-state index contributed by atoms with van der Waals surface area (Å²) in [5.41, 5.74) is 5.33. The lowest BCUT2D eigenvalue weighted by atomic mass is 10.1. The zero-order chi connectivity index (χ0) is 10.4. The summed E-state index contributed by atoms with van der Waals surface area (Å²) in [6.45, 7) is 6.07. The molecule has 78 valence electrons. The van der Waals surface area contributed by atoms with Gasteiger partial charge in [0.25, 0.3) is 0 Å². The van der Waals surface area contributed by atoms with Gasteiger partial charge in [0, 0.05) is 6.54 Å². The molecule has 0 aliphatic carbocycles. The summed E-state index contributed by atoms with van der Waals surface area (Å²) in [6, 6.07) is -0.224. The first-order chi connectivity index (χ1) is 5.99. The second-order valence-electron chi connectivity index (χ2n) is 3.47. The van der Waals surface area contributed by atoms with Crippen LogP contribution in [0.15, 0.2) is 5.16 Å². The molecule has 5 heteroatoms. The van der Waals surface area contributed by atoms with Gasteiger partial charge in [-0.2, -0.15) is 0 Å². The van der Waals surface area contributed by atoms with Crippen molar-refractivity contribution in [2.45, 2.75) is 32.9 Å². The molecule has 0 aliphatic heterocycles. The zero-order valence-electron chi connectivity index (χ0n) is 8.36. The van der Waals surface area contributed by atoms with Crippen LogP contribution in [0.1, 0.15) is 20.8 Å². The van der Waals surface area contributed by atoms with Crippen LogP contribution in [-0.4, -0.2) is 34.8 Å². The van der Waals surface area contributed by atoms with Gasteiger partial charge < -0.3 is 21.4 Å². The van der Waals surface area contributed by atoms with E-state index in [1.807, 2.05) is 13.8 Å². The average molecular weight is 189 g/mol. The maximum absolute atomic E-state index is 9.42. The van der Waals surface area contributed by atoms with Crippen molar-refractivity contribution in [3.8, 4) is 0 Å². The van der Waals surface area contributed by atoms with Crippen molar-refractivity contribution in [3.05, 3.63) is 0 Å². The first-order valence-electron chi connectivity index (χ1n) is 4.38. The van der Waals surface area contributed by atoms with Crippen LogP contribution in [-0.2, 0) is 0 Å². The van der Waals surface area contributed by atoms with Gasteiger partial charge in [-0.25, -0.2) is 0 Å². The Kier molecular flexibility index (Phi) is 5.41. The Hall–Kier alpha value is -0.810. The van der Waals surface area contributed by atoms with Gasteiger partial charge in [0.2, 0.25) is 0 Å². The predicted molar refractivity (Wildman–Crippen MR) is 51.7 cm³/mol. The van der Waals surface area contributed by atoms with Crippen molar-refractivity contribution < 1.29 is 10.3 Å². The summed E-state index contributed by atoms with van der Waals surface area (Å²) in [5.74, 6) is 0.322. The van der Waals surface area contributed by atoms with E-state index in [4.69, 9.17) is 10.9 Å². The second-order valence-corrected chi connectivity index (χ2v) is 3.47. The minimum absolute atomic E-state index is 0.121. The number of amidine groups is 1. The molecule has 0 aromatic rings. The van der Waals surface area contributed by atoms with Gasteiger partial charge in [-0.05, 0) is 12.8 Å². The van der Waals surface area contributed by atoms with Crippen LogP contribution in [0.3, 0.4) is 0 Å². The third kappa shape index (κ3) is 4.69. The number of hydrogen-bond acceptors (Lipinski definition) is 4. The van der Waals surface area contributed by atoms with Crippen LogP contribution in [0.2, 0.25) is 0 Å². The first-order valence-corrected chi connectivity index (χ1v) is 4.38. The van der Waals surface area contributed by atoms with Gasteiger partial charge in [-0.1, -0.05) is 19.0 Å². The third-order valence-corrected chi connectivity index (χ3v) is 1.96. The molecule has 0 fully saturated rings. The van der Waals surface area contributed by atoms with E-state index in [9.17, 15) is 5.11 Å². The predicted octanol–water partition coefficient (Wildman–Crippen LogP) is -0.272. The summed E-state index contributed by atoms with van der Waals surface area (Å²) < 4.78 is 0. The van der Waals surface area contributed by atoms with E-state index in [1.165, 1.54) is 0 Å². The van der Waals surface area contributed by atoms with Crippen molar-refractivity contribution in [1.82, 2.24) is 5.32 Å². The molecule has 0 rings (SSSR count). The Labute approximate surface area is 78.6 Å². The van der Waals surface area contributed by atoms with Gasteiger partial charge in [-0.15, -0.1) is 0 Å². The van der Waals surface area contributed by atoms with Crippen LogP contribution in [0, 0.1) is 5.92 Å². The van der Waals surface area contributed by atoms with Gasteiger partial charge in [-0.3, -0.25) is 0 Å². The van der Waals surface area contributed by atoms with Crippen LogP contribution in [0.5, 0.6) is 0 Å². The molecule has 2 unspecified atom stereocenters. The maximum atomic E-state index is 9.42. The summed E-state index contributed by atoms with van der Waals surface area (Å²) in [6.07, 6.45) is -0.408. The molecule has 0 spiro atoms. The molecule has 0 amide bonds. The Morgan fingerprint density at radius 2 is 2.00 bits per heavy atom. The minimum Gasteiger partial charge on any atom is -0.409 e. The van der Waals surface area contributed by atoms with Crippen molar-refractivity contribution in [2.75, 3.05) is 6.54 Å². The van der Waals surface area contributed by atoms with Crippen molar-refractivity contribution in [1.29, 1.82) is 0 Å². The minimum atomic E-state index is -0.408. The molecular weight excluding hydrogens is 170 g/mol. The molecule has 0 saturated heterocycles. The topological polar surface area (TPSA) is 90.9 Å². The second kappa shape index (κ2) is 5.77. The highest BCUT2D eigenvalue weighted by molar-refractivity contribution is 5.84. The first kappa shape index (κ1) is 12.2. The summed E-state index contributed by atoms with van der Waals surface area (Å²) in [5, 5.41) is 23.6. The molecule has 0 bridgehead atoms. The lowest BCUT2D eigenvalue weighted by Gasteiger charge is -2.18. The van der Waals surface area contributed by atoms with Crippen molar-refractivity contribution >= 4 is 5.84 Å². The third-order valence-electron chi connectivity index (χ3n) is 1.96. The van der Waals surface area contributed by atoms with Crippen LogP contribution in [0.25, 0.3) is 0 Å². The highest BCUT2D eigenvalue weighted by Crippen LogP contribution is 1.99. The van der Waals surface area contributed by atoms with Gasteiger partial charge in [0.15, 0.2) is 5.84 Å². The number of hydrogen-bond donors (Lipinski definition) is 4. The normalized spacial score (nSPS) is 17.5. The summed E-state index contributed by atoms with van der Waals surface area (Å²) in [4.78, 5) is 0. The smallest absolute Gasteiger partial charge is 0.156 e. The highest BCUT2D eigenvalue weighted by Gasteiger charge is 2.12. The maximum Gasteiger partial charge on any atom is 0.156 e. The Morgan fingerprint density at radius 1 is 1.46 bits per heavy atom. The number of nitrogens with two attached hydrogens (primary N) is 1. The molecular formula is C8H19N3O2. The number of rotatable bonds is 5. The Morgan fingerprint density at radius 3 is 2.38 bits per heavy atom. The zero-order valence-corrected chi connectivity index (χ0v) is 8.36. The fourth-order valence-corrected chi connectivity index (χ4v) is 0.724. The molecule has 0 radical (unpaired) electrons. The molecule has 0 aliphatic rings. The molecule has 5 nitrogen and oxygen atoms in total. The number of oxime groups is 1. The summed E-state index contributed by atoms with van der Waals surface area (Å²) >= 11 is 0. The van der Waals surface area contributed by atoms with E-state index in [0.717, 1.165) is 0 Å². The number of nitrogens with zero attached hydrogens (tertiary/aromatic N) is 1. The van der Waals surface area contributed by atoms with Gasteiger partial charge in [0.05, 0.1) is 12.1 Å². The lowest BCUT2D eigenvalue weighted by molar-refractivity contribution is 0.122. The quantitative estimate of drug-likeness (QED) is 0.207. The van der Waals surface area contributed by atoms with Crippen LogP contribution >= 0.6 is 0 Å². The lowest BCUT2D eigenvalue weighted by Crippen LogP contribution is -2.43. The van der Waals surface area contributed by atoms with Gasteiger partial charge >= 0.3 is 0 Å². The van der Waals surface area contributed by atoms with Crippen LogP contribution in [0.4, 0.5) is 0 Å². The van der Waals surface area contributed by atoms with Crippen molar-refractivity contribution in [2.24, 2.45) is 16.8 Å². The SMILES string of the molecule is CC(NCC(O)C(C)C)C(N)=NO. The molecule has 0 saturated carbocycles. The van der Waals surface area contributed by atoms with Gasteiger partial charge in [0.1, 0.15) is 0 Å². The van der Waals surface area contributed by atoms with E-state index < -0.39 is 6.10 Å². The highest BCUT2D eigenvalue weighted by atomic mass is 16.4. The van der Waals surface area contributed by atoms with E-state index in [0.29, 0.717) is 6.54 Å². The average Bonchev–Trinajstić information content (AvgIpc) is 2.11. The van der Waals surface area contributed by atoms with E-state index >= 15 is 0 Å². The molecule has 13 heavy (non-hydrogen) atoms. The Bertz CT molecular complexity index is 171. The number of aliphatic hydroxyl groups excluding tert-OH is 1. The molecule has 5 N–H and O–H groups in total. The number of aliphatic hydroxyl groups is 1. The molecule has 0 heterocycles. The largest absolute Gasteiger partial charge is 0.409 e. The standard InChI is InChI=1S/C8H19N3O2/c1-5(2)7(12)4-10-6(3)8(9)11-13/h5-7,10,12-13H,4H2,1-3H3,(H2,9,11). The Balaban J connectivity index is 3.76.